The van der Waals surface area contributed by atoms with E-state index in [2.05, 4.69) is 69.2 Å². The van der Waals surface area contributed by atoms with E-state index in [1.54, 1.807) is 6.20 Å². The molecule has 4 rings (SSSR count). The average Bonchev–Trinajstić information content (AvgIpc) is 3.26. The summed E-state index contributed by atoms with van der Waals surface area (Å²) < 4.78 is 2.29. The van der Waals surface area contributed by atoms with Gasteiger partial charge in [-0.05, 0) is 13.0 Å². The Balaban J connectivity index is 1.99. The summed E-state index contributed by atoms with van der Waals surface area (Å²) in [5, 5.41) is 12.6. The first-order valence-corrected chi connectivity index (χ1v) is 8.74. The van der Waals surface area contributed by atoms with E-state index >= 15 is 0 Å². The second kappa shape index (κ2) is 6.37. The van der Waals surface area contributed by atoms with Crippen molar-refractivity contribution in [3.8, 4) is 11.3 Å². The van der Waals surface area contributed by atoms with Gasteiger partial charge in [0.15, 0.2) is 0 Å². The van der Waals surface area contributed by atoms with Gasteiger partial charge >= 0.3 is 0 Å². The summed E-state index contributed by atoms with van der Waals surface area (Å²) in [5.74, 6) is 0. The van der Waals surface area contributed by atoms with E-state index in [1.807, 2.05) is 17.5 Å². The minimum absolute atomic E-state index is 0.669. The first kappa shape index (κ1) is 14.8. The highest BCUT2D eigenvalue weighted by molar-refractivity contribution is 7.13. The highest BCUT2D eigenvalue weighted by Gasteiger charge is 2.17. The molecule has 5 heteroatoms. The Morgan fingerprint density at radius 3 is 2.54 bits per heavy atom. The number of thiazole rings is 1. The van der Waals surface area contributed by atoms with Crippen LogP contribution < -0.4 is 0 Å². The number of benzene rings is 2. The first-order valence-electron chi connectivity index (χ1n) is 7.86. The molecular weight excluding hydrogens is 316 g/mol. The minimum atomic E-state index is 0.669. The molecular formula is C19H16N4S. The number of fused-ring (bicyclic) bond motifs is 1. The van der Waals surface area contributed by atoms with Gasteiger partial charge in [0.05, 0.1) is 11.2 Å². The largest absolute Gasteiger partial charge is 0.339 e. The van der Waals surface area contributed by atoms with Crippen LogP contribution in [0, 0.1) is 0 Å². The van der Waals surface area contributed by atoms with Crippen molar-refractivity contribution >= 4 is 33.1 Å². The van der Waals surface area contributed by atoms with Gasteiger partial charge in [-0.2, -0.15) is 0 Å². The number of azo groups is 1. The van der Waals surface area contributed by atoms with E-state index in [0.29, 0.717) is 5.13 Å². The predicted molar refractivity (Wildman–Crippen MR) is 99.3 cm³/mol. The fraction of sp³-hybridized carbons (Fsp3) is 0.105. The van der Waals surface area contributed by atoms with E-state index in [1.165, 1.54) is 16.9 Å². The molecule has 0 aliphatic rings. The maximum Gasteiger partial charge on any atom is 0.229 e. The normalized spacial score (nSPS) is 11.5. The fourth-order valence-electron chi connectivity index (χ4n) is 2.96. The molecule has 0 unspecified atom stereocenters. The Labute approximate surface area is 144 Å². The summed E-state index contributed by atoms with van der Waals surface area (Å²) in [6, 6.07) is 18.7. The van der Waals surface area contributed by atoms with E-state index in [-0.39, 0.29) is 0 Å². The fourth-order valence-corrected chi connectivity index (χ4v) is 3.41. The monoisotopic (exact) mass is 332 g/mol. The molecule has 0 amide bonds. The van der Waals surface area contributed by atoms with E-state index in [0.717, 1.165) is 28.9 Å². The van der Waals surface area contributed by atoms with Crippen molar-refractivity contribution in [3.05, 3.63) is 66.2 Å². The molecule has 0 bridgehead atoms. The number of hydrogen-bond acceptors (Lipinski definition) is 4. The highest BCUT2D eigenvalue weighted by atomic mass is 32.1. The third-order valence-electron chi connectivity index (χ3n) is 3.96. The number of rotatable bonds is 4. The summed E-state index contributed by atoms with van der Waals surface area (Å²) in [6.45, 7) is 3.03. The smallest absolute Gasteiger partial charge is 0.229 e. The summed E-state index contributed by atoms with van der Waals surface area (Å²) in [5.41, 5.74) is 4.31. The molecule has 0 atom stereocenters. The van der Waals surface area contributed by atoms with Gasteiger partial charge in [0.2, 0.25) is 5.13 Å². The molecule has 2 heterocycles. The van der Waals surface area contributed by atoms with Gasteiger partial charge in [0.25, 0.3) is 0 Å². The number of nitrogens with zero attached hydrogens (tertiary/aromatic N) is 4. The lowest BCUT2D eigenvalue weighted by atomic mass is 10.1. The molecule has 118 valence electrons. The van der Waals surface area contributed by atoms with E-state index in [9.17, 15) is 0 Å². The van der Waals surface area contributed by atoms with Gasteiger partial charge in [-0.15, -0.1) is 21.6 Å². The lowest BCUT2D eigenvalue weighted by molar-refractivity contribution is 0.805. The topological polar surface area (TPSA) is 42.5 Å². The second-order valence-electron chi connectivity index (χ2n) is 5.34. The number of para-hydroxylation sites is 1. The Bertz CT molecular complexity index is 985. The number of aryl methyl sites for hydroxylation is 1. The maximum absolute atomic E-state index is 4.57. The van der Waals surface area contributed by atoms with Crippen LogP contribution in [0.5, 0.6) is 0 Å². The first-order chi connectivity index (χ1) is 11.9. The third kappa shape index (κ3) is 2.53. The molecule has 4 nitrogen and oxygen atoms in total. The molecule has 0 aliphatic heterocycles. The van der Waals surface area contributed by atoms with Gasteiger partial charge in [-0.1, -0.05) is 48.5 Å². The minimum Gasteiger partial charge on any atom is -0.339 e. The van der Waals surface area contributed by atoms with Crippen LogP contribution in [0.15, 0.2) is 76.4 Å². The SMILES string of the molecule is CCn1c(-c2ccccc2)c(N=Nc2nccs2)c2ccccc21. The predicted octanol–water partition coefficient (Wildman–Crippen LogP) is 6.20. The Kier molecular flexibility index (Phi) is 3.92. The standard InChI is InChI=1S/C19H16N4S/c1-2-23-16-11-7-6-10-15(16)17(21-22-19-20-12-13-24-19)18(23)14-8-4-3-5-9-14/h3-13H,2H2,1H3. The molecule has 0 aliphatic carbocycles. The number of aromatic nitrogens is 2. The van der Waals surface area contributed by atoms with Crippen molar-refractivity contribution in [2.75, 3.05) is 0 Å². The summed E-state index contributed by atoms with van der Waals surface area (Å²) in [6.07, 6.45) is 1.74. The highest BCUT2D eigenvalue weighted by Crippen LogP contribution is 2.40. The van der Waals surface area contributed by atoms with Crippen molar-refractivity contribution < 1.29 is 0 Å². The molecule has 0 spiro atoms. The van der Waals surface area contributed by atoms with Crippen LogP contribution in [0.4, 0.5) is 10.8 Å². The summed E-state index contributed by atoms with van der Waals surface area (Å²) >= 11 is 1.48. The van der Waals surface area contributed by atoms with Gasteiger partial charge < -0.3 is 4.57 Å². The summed E-state index contributed by atoms with van der Waals surface area (Å²) in [7, 11) is 0. The van der Waals surface area contributed by atoms with Crippen molar-refractivity contribution in [1.29, 1.82) is 0 Å². The Hall–Kier alpha value is -2.79. The average molecular weight is 332 g/mol. The van der Waals surface area contributed by atoms with Gasteiger partial charge in [0, 0.05) is 29.1 Å². The van der Waals surface area contributed by atoms with E-state index in [4.69, 9.17) is 0 Å². The van der Waals surface area contributed by atoms with Gasteiger partial charge in [-0.3, -0.25) is 0 Å². The zero-order valence-electron chi connectivity index (χ0n) is 13.3. The van der Waals surface area contributed by atoms with Crippen LogP contribution in [-0.2, 0) is 6.54 Å². The molecule has 0 fully saturated rings. The van der Waals surface area contributed by atoms with Crippen LogP contribution in [-0.4, -0.2) is 9.55 Å². The van der Waals surface area contributed by atoms with Crippen molar-refractivity contribution in [1.82, 2.24) is 9.55 Å². The van der Waals surface area contributed by atoms with Crippen LogP contribution in [0.25, 0.3) is 22.2 Å². The quantitative estimate of drug-likeness (QED) is 0.410. The van der Waals surface area contributed by atoms with Crippen molar-refractivity contribution in [3.63, 3.8) is 0 Å². The summed E-state index contributed by atoms with van der Waals surface area (Å²) in [4.78, 5) is 4.19. The van der Waals surface area contributed by atoms with E-state index < -0.39 is 0 Å². The van der Waals surface area contributed by atoms with Crippen LogP contribution in [0.3, 0.4) is 0 Å². The molecule has 0 N–H and O–H groups in total. The Morgan fingerprint density at radius 1 is 1.00 bits per heavy atom. The third-order valence-corrected chi connectivity index (χ3v) is 4.62. The van der Waals surface area contributed by atoms with Crippen LogP contribution in [0.2, 0.25) is 0 Å². The van der Waals surface area contributed by atoms with Crippen LogP contribution in [0.1, 0.15) is 6.92 Å². The molecule has 4 aromatic rings. The van der Waals surface area contributed by atoms with Gasteiger partial charge in [-0.25, -0.2) is 4.98 Å². The van der Waals surface area contributed by atoms with Gasteiger partial charge in [0.1, 0.15) is 5.69 Å². The zero-order valence-corrected chi connectivity index (χ0v) is 14.1. The molecule has 0 saturated carbocycles. The lowest BCUT2D eigenvalue weighted by Crippen LogP contribution is -1.96. The molecule has 0 saturated heterocycles. The number of hydrogen-bond donors (Lipinski definition) is 0. The van der Waals surface area contributed by atoms with Crippen molar-refractivity contribution in [2.45, 2.75) is 13.5 Å². The molecule has 0 radical (unpaired) electrons. The maximum atomic E-state index is 4.57. The zero-order chi connectivity index (χ0) is 16.4. The molecule has 2 aromatic carbocycles. The lowest BCUT2D eigenvalue weighted by Gasteiger charge is -2.08. The van der Waals surface area contributed by atoms with Crippen molar-refractivity contribution in [2.24, 2.45) is 10.2 Å². The molecule has 2 aromatic heterocycles. The second-order valence-corrected chi connectivity index (χ2v) is 6.21. The van der Waals surface area contributed by atoms with Crippen LogP contribution >= 0.6 is 11.3 Å². The molecule has 24 heavy (non-hydrogen) atoms. The Morgan fingerprint density at radius 2 is 1.79 bits per heavy atom.